The van der Waals surface area contributed by atoms with Crippen LogP contribution in [0, 0.1) is 6.92 Å². The van der Waals surface area contributed by atoms with Gasteiger partial charge in [-0.25, -0.2) is 19.0 Å². The molecule has 0 aliphatic carbocycles. The lowest BCUT2D eigenvalue weighted by Gasteiger charge is -2.13. The molecule has 4 aromatic carbocycles. The van der Waals surface area contributed by atoms with Crippen LogP contribution in [0.15, 0.2) is 121 Å². The Morgan fingerprint density at radius 1 is 0.375 bits per heavy atom. The van der Waals surface area contributed by atoms with Crippen molar-refractivity contribution in [3.8, 4) is 44.5 Å². The molecule has 0 saturated carbocycles. The van der Waals surface area contributed by atoms with E-state index in [1.54, 1.807) is 0 Å². The van der Waals surface area contributed by atoms with Crippen molar-refractivity contribution in [2.75, 3.05) is 17.2 Å². The van der Waals surface area contributed by atoms with E-state index in [-0.39, 0.29) is 0 Å². The molecule has 56 heavy (non-hydrogen) atoms. The fourth-order valence-corrected chi connectivity index (χ4v) is 7.70. The predicted molar refractivity (Wildman–Crippen MR) is 237 cm³/mol. The topological polar surface area (TPSA) is 113 Å². The smallest absolute Gasteiger partial charge is 0.0738 e. The zero-order chi connectivity index (χ0) is 38.5. The molecule has 0 fully saturated rings. The van der Waals surface area contributed by atoms with Crippen LogP contribution in [0.2, 0.25) is 0 Å². The highest BCUT2D eigenvalue weighted by Gasteiger charge is 2.24. The van der Waals surface area contributed by atoms with Crippen molar-refractivity contribution >= 4 is 63.4 Å². The summed E-state index contributed by atoms with van der Waals surface area (Å²) in [5.74, 6) is 0. The Hall–Kier alpha value is -7.12. The van der Waals surface area contributed by atoms with Crippen LogP contribution in [0.4, 0.5) is 17.1 Å². The highest BCUT2D eigenvalue weighted by Crippen LogP contribution is 2.42. The van der Waals surface area contributed by atoms with Gasteiger partial charge < -0.3 is 17.2 Å². The molecule has 4 bridgehead atoms. The molecule has 0 spiro atoms. The minimum Gasteiger partial charge on any atom is -0.399 e. The second-order valence-corrected chi connectivity index (χ2v) is 14.5. The lowest BCUT2D eigenvalue weighted by Crippen LogP contribution is -2.02. The molecule has 7 heteroatoms. The molecule has 274 valence electrons. The summed E-state index contributed by atoms with van der Waals surface area (Å²) < 4.78 is 4.71. The van der Waals surface area contributed by atoms with Crippen molar-refractivity contribution in [1.29, 1.82) is 0 Å². The highest BCUT2D eigenvalue weighted by atomic mass is 15.3. The predicted octanol–water partition coefficient (Wildman–Crippen LogP) is 11.8. The number of aromatic nitrogens is 4. The van der Waals surface area contributed by atoms with Crippen molar-refractivity contribution in [1.82, 2.24) is 19.0 Å². The van der Waals surface area contributed by atoms with Gasteiger partial charge in [0, 0.05) is 39.3 Å². The number of benzene rings is 4. The number of hydrogen-bond acceptors (Lipinski definition) is 5. The van der Waals surface area contributed by atoms with E-state index >= 15 is 0 Å². The van der Waals surface area contributed by atoms with E-state index in [2.05, 4.69) is 139 Å². The van der Waals surface area contributed by atoms with Crippen LogP contribution in [0.25, 0.3) is 90.9 Å². The third kappa shape index (κ3) is 5.85. The van der Waals surface area contributed by atoms with E-state index in [1.165, 1.54) is 18.4 Å². The van der Waals surface area contributed by atoms with E-state index in [1.807, 2.05) is 36.4 Å². The summed E-state index contributed by atoms with van der Waals surface area (Å²) >= 11 is 0. The molecule has 6 heterocycles. The second-order valence-electron chi connectivity index (χ2n) is 14.5. The first-order chi connectivity index (χ1) is 27.3. The van der Waals surface area contributed by atoms with Gasteiger partial charge in [0.15, 0.2) is 0 Å². The normalized spacial score (nSPS) is 12.1. The first kappa shape index (κ1) is 34.6. The van der Waals surface area contributed by atoms with Crippen LogP contribution in [0.3, 0.4) is 0 Å². The summed E-state index contributed by atoms with van der Waals surface area (Å²) in [4.78, 5) is 10.8. The molecule has 10 rings (SSSR count). The SMILES string of the molecule is CCCC.Cc1ccc(-c2c3nc(c(-c4ccc(N)cc4)c4ccc5c(-c6ccc(N)cc6)c6nc(c(-c7ccc(N)cc7)c7ccc2n7n45)C=C6)C=C3)cc1. The van der Waals surface area contributed by atoms with Crippen molar-refractivity contribution in [3.05, 3.63) is 150 Å². The molecule has 6 N–H and O–H groups in total. The van der Waals surface area contributed by atoms with Crippen LogP contribution in [0.1, 0.15) is 55.0 Å². The highest BCUT2D eigenvalue weighted by molar-refractivity contribution is 6.02. The van der Waals surface area contributed by atoms with E-state index in [4.69, 9.17) is 27.2 Å². The van der Waals surface area contributed by atoms with Gasteiger partial charge in [0.2, 0.25) is 0 Å². The lowest BCUT2D eigenvalue weighted by atomic mass is 10.0. The summed E-state index contributed by atoms with van der Waals surface area (Å²) in [6.07, 6.45) is 11.1. The van der Waals surface area contributed by atoms with Gasteiger partial charge in [0.05, 0.1) is 44.8 Å². The van der Waals surface area contributed by atoms with Gasteiger partial charge in [-0.2, -0.15) is 0 Å². The van der Waals surface area contributed by atoms with Gasteiger partial charge >= 0.3 is 0 Å². The Balaban J connectivity index is 0.000000980. The van der Waals surface area contributed by atoms with Crippen molar-refractivity contribution in [2.24, 2.45) is 0 Å². The third-order valence-electron chi connectivity index (χ3n) is 10.7. The molecule has 0 unspecified atom stereocenters. The van der Waals surface area contributed by atoms with Crippen LogP contribution >= 0.6 is 0 Å². The largest absolute Gasteiger partial charge is 0.399 e. The second kappa shape index (κ2) is 13.9. The Kier molecular flexibility index (Phi) is 8.62. The maximum Gasteiger partial charge on any atom is 0.0738 e. The summed E-state index contributed by atoms with van der Waals surface area (Å²) in [5, 5.41) is 0. The lowest BCUT2D eigenvalue weighted by molar-refractivity contribution is 0.886. The first-order valence-electron chi connectivity index (χ1n) is 19.2. The molecular formula is C49H43N7. The van der Waals surface area contributed by atoms with Gasteiger partial charge in [-0.15, -0.1) is 0 Å². The molecule has 4 aromatic heterocycles. The molecule has 8 aromatic rings. The van der Waals surface area contributed by atoms with Crippen LogP contribution in [0.5, 0.6) is 0 Å². The number of anilines is 3. The molecule has 0 radical (unpaired) electrons. The van der Waals surface area contributed by atoms with E-state index < -0.39 is 0 Å². The number of unbranched alkanes of at least 4 members (excludes halogenated alkanes) is 1. The molecule has 0 saturated heterocycles. The molecule has 7 nitrogen and oxygen atoms in total. The average Bonchev–Trinajstić information content (AvgIpc) is 4.04. The number of nitrogen functional groups attached to an aromatic ring is 3. The zero-order valence-corrected chi connectivity index (χ0v) is 31.8. The Morgan fingerprint density at radius 2 is 0.625 bits per heavy atom. The first-order valence-corrected chi connectivity index (χ1v) is 19.2. The third-order valence-corrected chi connectivity index (χ3v) is 10.7. The molecular weight excluding hydrogens is 687 g/mol. The van der Waals surface area contributed by atoms with Crippen molar-refractivity contribution < 1.29 is 0 Å². The molecule has 0 atom stereocenters. The fraction of sp³-hybridized carbons (Fsp3) is 0.102. The van der Waals surface area contributed by atoms with E-state index in [9.17, 15) is 0 Å². The Labute approximate surface area is 326 Å². The van der Waals surface area contributed by atoms with Gasteiger partial charge in [-0.1, -0.05) is 92.9 Å². The minimum atomic E-state index is 0.702. The standard InChI is InChI=1S/C45H33N7.C4H10/c1-26-2-4-27(5-3-26)42-34-18-19-35(49-34)43(28-6-12-31(46)13-7-28)40-24-25-41-45(30-10-16-33(48)17-11-30)37-21-20-36(50-37)44(29-8-14-32(47)15-9-29)39-23-22-38(42)51(39)52(40)41;1-3-4-2/h2-25H,46-48H2,1H3;3-4H2,1-2H3. The van der Waals surface area contributed by atoms with Gasteiger partial charge in [0.1, 0.15) is 0 Å². The fourth-order valence-electron chi connectivity index (χ4n) is 7.70. The summed E-state index contributed by atoms with van der Waals surface area (Å²) in [7, 11) is 0. The van der Waals surface area contributed by atoms with Crippen molar-refractivity contribution in [2.45, 2.75) is 33.6 Å². The number of aryl methyl sites for hydroxylation is 1. The summed E-state index contributed by atoms with van der Waals surface area (Å²) in [5.41, 5.74) is 37.6. The zero-order valence-electron chi connectivity index (χ0n) is 31.8. The maximum absolute atomic E-state index is 6.23. The monoisotopic (exact) mass is 729 g/mol. The molecule has 2 aliphatic rings. The average molecular weight is 730 g/mol. The van der Waals surface area contributed by atoms with E-state index in [0.29, 0.717) is 17.1 Å². The quantitative estimate of drug-likeness (QED) is 0.153. The van der Waals surface area contributed by atoms with Crippen LogP contribution in [-0.4, -0.2) is 19.0 Å². The Morgan fingerprint density at radius 3 is 0.875 bits per heavy atom. The van der Waals surface area contributed by atoms with Crippen LogP contribution < -0.4 is 17.2 Å². The number of nitrogens with zero attached hydrogens (tertiary/aromatic N) is 4. The van der Waals surface area contributed by atoms with Crippen molar-refractivity contribution in [3.63, 3.8) is 0 Å². The van der Waals surface area contributed by atoms with Gasteiger partial charge in [-0.3, -0.25) is 0 Å². The Bertz CT molecular complexity index is 2530. The minimum absolute atomic E-state index is 0.702. The van der Waals surface area contributed by atoms with Gasteiger partial charge in [-0.05, 0) is 114 Å². The number of rotatable bonds is 5. The summed E-state index contributed by atoms with van der Waals surface area (Å²) in [6, 6.07) is 41.7. The molecule has 0 amide bonds. The van der Waals surface area contributed by atoms with Crippen LogP contribution in [-0.2, 0) is 0 Å². The number of fused-ring (bicyclic) bond motifs is 4. The van der Waals surface area contributed by atoms with E-state index in [0.717, 1.165) is 89.4 Å². The summed E-state index contributed by atoms with van der Waals surface area (Å²) in [6.45, 7) is 6.47. The van der Waals surface area contributed by atoms with Gasteiger partial charge in [0.25, 0.3) is 0 Å². The number of nitrogens with two attached hydrogens (primary N) is 3. The number of hydrogen-bond donors (Lipinski definition) is 3. The maximum atomic E-state index is 6.23. The molecule has 2 aliphatic heterocycles.